The van der Waals surface area contributed by atoms with Crippen LogP contribution in [0.5, 0.6) is 5.75 Å². The molecule has 0 amide bonds. The van der Waals surface area contributed by atoms with E-state index in [1.807, 2.05) is 31.3 Å². The summed E-state index contributed by atoms with van der Waals surface area (Å²) in [6.07, 6.45) is -0.223. The van der Waals surface area contributed by atoms with Gasteiger partial charge in [-0.1, -0.05) is 12.1 Å². The summed E-state index contributed by atoms with van der Waals surface area (Å²) in [4.78, 5) is 20.0. The van der Waals surface area contributed by atoms with Crippen molar-refractivity contribution in [1.29, 1.82) is 0 Å². The third kappa shape index (κ3) is 2.71. The molecule has 0 spiro atoms. The van der Waals surface area contributed by atoms with Gasteiger partial charge in [-0.3, -0.25) is 4.79 Å². The number of fused-ring (bicyclic) bond motifs is 1. The number of ether oxygens (including phenoxy) is 1. The first-order valence-electron chi connectivity index (χ1n) is 6.39. The summed E-state index contributed by atoms with van der Waals surface area (Å²) in [6.45, 7) is 0.563. The monoisotopic (exact) mass is 289 g/mol. The number of hydrogen-bond donors (Lipinski definition) is 2. The maximum absolute atomic E-state index is 11.7. The fraction of sp³-hybridized carbons (Fsp3) is 0.286. The quantitative estimate of drug-likeness (QED) is 0.900. The first-order chi connectivity index (χ1) is 9.76. The molecule has 1 unspecified atom stereocenters. The molecule has 2 N–H and O–H groups in total. The number of benzene rings is 1. The van der Waals surface area contributed by atoms with Crippen molar-refractivity contribution >= 4 is 11.8 Å². The highest BCUT2D eigenvalue weighted by atomic mass is 32.2. The highest BCUT2D eigenvalue weighted by Crippen LogP contribution is 2.39. The van der Waals surface area contributed by atoms with Crippen LogP contribution in [0.3, 0.4) is 0 Å². The van der Waals surface area contributed by atoms with Crippen LogP contribution in [0.4, 0.5) is 0 Å². The van der Waals surface area contributed by atoms with E-state index >= 15 is 0 Å². The topological polar surface area (TPSA) is 67.0 Å². The molecule has 1 aliphatic heterocycles. The molecule has 6 heteroatoms. The maximum Gasteiger partial charge on any atom is 0.251 e. The molecule has 1 aromatic heterocycles. The Kier molecular flexibility index (Phi) is 3.75. The molecule has 2 heterocycles. The maximum atomic E-state index is 11.7. The molecule has 2 aromatic rings. The Hall–Kier alpha value is -1.79. The minimum absolute atomic E-state index is 0.146. The molecule has 5 nitrogen and oxygen atoms in total. The molecular weight excluding hydrogens is 274 g/mol. The second kappa shape index (κ2) is 5.68. The molecule has 1 atom stereocenters. The van der Waals surface area contributed by atoms with Crippen LogP contribution in [-0.4, -0.2) is 22.8 Å². The van der Waals surface area contributed by atoms with Crippen molar-refractivity contribution in [2.24, 2.45) is 0 Å². The summed E-state index contributed by atoms with van der Waals surface area (Å²) in [6, 6.07) is 9.40. The van der Waals surface area contributed by atoms with Crippen LogP contribution in [0.15, 0.2) is 40.0 Å². The van der Waals surface area contributed by atoms with Gasteiger partial charge in [0.05, 0.1) is 5.69 Å². The van der Waals surface area contributed by atoms with E-state index in [9.17, 15) is 4.79 Å². The third-order valence-corrected chi connectivity index (χ3v) is 4.10. The Labute approximate surface area is 120 Å². The van der Waals surface area contributed by atoms with Crippen LogP contribution in [0, 0.1) is 0 Å². The van der Waals surface area contributed by atoms with E-state index < -0.39 is 0 Å². The second-order valence-electron chi connectivity index (χ2n) is 4.52. The second-order valence-corrected chi connectivity index (χ2v) is 5.58. The van der Waals surface area contributed by atoms with E-state index in [4.69, 9.17) is 4.74 Å². The Bertz CT molecular complexity index is 671. The molecule has 20 heavy (non-hydrogen) atoms. The van der Waals surface area contributed by atoms with Crippen molar-refractivity contribution < 1.29 is 4.74 Å². The summed E-state index contributed by atoms with van der Waals surface area (Å²) in [5, 5.41) is 3.00. The lowest BCUT2D eigenvalue weighted by molar-refractivity contribution is 0.209. The first kappa shape index (κ1) is 13.2. The van der Waals surface area contributed by atoms with Crippen molar-refractivity contribution in [1.82, 2.24) is 15.3 Å². The Morgan fingerprint density at radius 1 is 1.50 bits per heavy atom. The summed E-state index contributed by atoms with van der Waals surface area (Å²) < 4.78 is 5.93. The van der Waals surface area contributed by atoms with Gasteiger partial charge in [0, 0.05) is 23.3 Å². The Balaban J connectivity index is 1.89. The number of aromatic amines is 1. The van der Waals surface area contributed by atoms with Crippen LogP contribution in [0.2, 0.25) is 0 Å². The van der Waals surface area contributed by atoms with Gasteiger partial charge in [0.25, 0.3) is 5.56 Å². The first-order valence-corrected chi connectivity index (χ1v) is 7.38. The van der Waals surface area contributed by atoms with Crippen molar-refractivity contribution in [3.05, 3.63) is 52.2 Å². The summed E-state index contributed by atoms with van der Waals surface area (Å²) in [5.74, 6) is 2.17. The van der Waals surface area contributed by atoms with E-state index in [1.165, 1.54) is 6.07 Å². The zero-order chi connectivity index (χ0) is 13.9. The molecule has 0 fully saturated rings. The average molecular weight is 289 g/mol. The number of para-hydroxylation sites is 1. The number of hydrogen-bond acceptors (Lipinski definition) is 5. The van der Waals surface area contributed by atoms with Gasteiger partial charge in [-0.05, 0) is 19.2 Å². The van der Waals surface area contributed by atoms with Gasteiger partial charge in [-0.2, -0.15) is 0 Å². The molecule has 0 radical (unpaired) electrons. The van der Waals surface area contributed by atoms with Crippen LogP contribution in [-0.2, 0) is 6.54 Å². The number of nitrogens with one attached hydrogen (secondary N) is 2. The van der Waals surface area contributed by atoms with E-state index in [0.717, 1.165) is 22.1 Å². The fourth-order valence-corrected chi connectivity index (χ4v) is 3.10. The zero-order valence-electron chi connectivity index (χ0n) is 11.1. The van der Waals surface area contributed by atoms with Crippen LogP contribution >= 0.6 is 11.8 Å². The zero-order valence-corrected chi connectivity index (χ0v) is 11.9. The van der Waals surface area contributed by atoms with Crippen molar-refractivity contribution in [3.8, 4) is 5.75 Å². The largest absolute Gasteiger partial charge is 0.480 e. The van der Waals surface area contributed by atoms with Crippen LogP contribution < -0.4 is 15.6 Å². The van der Waals surface area contributed by atoms with E-state index in [0.29, 0.717) is 12.4 Å². The van der Waals surface area contributed by atoms with Gasteiger partial charge in [0.15, 0.2) is 11.9 Å². The highest BCUT2D eigenvalue weighted by Gasteiger charge is 2.23. The summed E-state index contributed by atoms with van der Waals surface area (Å²) >= 11 is 1.71. The smallest absolute Gasteiger partial charge is 0.251 e. The van der Waals surface area contributed by atoms with Gasteiger partial charge in [-0.15, -0.1) is 11.8 Å². The van der Waals surface area contributed by atoms with Gasteiger partial charge in [-0.25, -0.2) is 4.98 Å². The van der Waals surface area contributed by atoms with Crippen molar-refractivity contribution in [2.75, 3.05) is 12.8 Å². The molecule has 0 saturated heterocycles. The molecule has 0 bridgehead atoms. The minimum atomic E-state index is -0.223. The van der Waals surface area contributed by atoms with Crippen molar-refractivity contribution in [3.63, 3.8) is 0 Å². The predicted molar refractivity (Wildman–Crippen MR) is 78.2 cm³/mol. The summed E-state index contributed by atoms with van der Waals surface area (Å²) in [5.41, 5.74) is 0.575. The summed E-state index contributed by atoms with van der Waals surface area (Å²) in [7, 11) is 1.83. The van der Waals surface area contributed by atoms with Gasteiger partial charge >= 0.3 is 0 Å². The minimum Gasteiger partial charge on any atom is -0.480 e. The van der Waals surface area contributed by atoms with E-state index in [2.05, 4.69) is 15.3 Å². The lowest BCUT2D eigenvalue weighted by Crippen LogP contribution is -2.23. The highest BCUT2D eigenvalue weighted by molar-refractivity contribution is 7.99. The van der Waals surface area contributed by atoms with E-state index in [1.54, 1.807) is 11.8 Å². The SMILES string of the molecule is CNCc1cc(=O)[nH]c(C2CSc3ccccc3O2)n1. The van der Waals surface area contributed by atoms with Crippen molar-refractivity contribution in [2.45, 2.75) is 17.5 Å². The third-order valence-electron chi connectivity index (χ3n) is 2.98. The normalized spacial score (nSPS) is 17.4. The number of H-pyrrole nitrogens is 1. The molecule has 0 aliphatic carbocycles. The number of rotatable bonds is 3. The standard InChI is InChI=1S/C14H15N3O2S/c1-15-7-9-6-13(18)17-14(16-9)11-8-20-12-5-3-2-4-10(12)19-11/h2-6,11,15H,7-8H2,1H3,(H,16,17,18). The molecule has 1 aliphatic rings. The van der Waals surface area contributed by atoms with E-state index in [-0.39, 0.29) is 11.7 Å². The van der Waals surface area contributed by atoms with Crippen LogP contribution in [0.1, 0.15) is 17.6 Å². The molecule has 104 valence electrons. The van der Waals surface area contributed by atoms with Gasteiger partial charge in [0.2, 0.25) is 0 Å². The molecule has 1 aromatic carbocycles. The predicted octanol–water partition coefficient (Wildman–Crippen LogP) is 1.72. The molecular formula is C14H15N3O2S. The number of nitrogens with zero attached hydrogens (tertiary/aromatic N) is 1. The molecule has 0 saturated carbocycles. The fourth-order valence-electron chi connectivity index (χ4n) is 2.11. The average Bonchev–Trinajstić information content (AvgIpc) is 2.46. The molecule has 3 rings (SSSR count). The van der Waals surface area contributed by atoms with Gasteiger partial charge < -0.3 is 15.0 Å². The Morgan fingerprint density at radius 2 is 2.35 bits per heavy atom. The Morgan fingerprint density at radius 3 is 3.20 bits per heavy atom. The lowest BCUT2D eigenvalue weighted by atomic mass is 10.3. The lowest BCUT2D eigenvalue weighted by Gasteiger charge is -2.24. The van der Waals surface area contributed by atoms with Crippen LogP contribution in [0.25, 0.3) is 0 Å². The number of thioether (sulfide) groups is 1. The van der Waals surface area contributed by atoms with Gasteiger partial charge in [0.1, 0.15) is 5.75 Å². The number of aromatic nitrogens is 2.